The van der Waals surface area contributed by atoms with Gasteiger partial charge >= 0.3 is 0 Å². The number of hydrogen-bond donors (Lipinski definition) is 0. The van der Waals surface area contributed by atoms with Gasteiger partial charge in [0.1, 0.15) is 5.82 Å². The van der Waals surface area contributed by atoms with E-state index >= 15 is 0 Å². The second-order valence-corrected chi connectivity index (χ2v) is 7.39. The van der Waals surface area contributed by atoms with Gasteiger partial charge in [0, 0.05) is 31.2 Å². The predicted octanol–water partition coefficient (Wildman–Crippen LogP) is 3.11. The molecule has 3 heterocycles. The molecule has 0 radical (unpaired) electrons. The van der Waals surface area contributed by atoms with Gasteiger partial charge < -0.3 is 4.90 Å². The summed E-state index contributed by atoms with van der Waals surface area (Å²) in [5.74, 6) is -0.0247. The largest absolute Gasteiger partial charge is 0.337 e. The number of amides is 1. The van der Waals surface area contributed by atoms with Crippen molar-refractivity contribution in [2.75, 3.05) is 13.1 Å². The Balaban J connectivity index is 1.66. The summed E-state index contributed by atoms with van der Waals surface area (Å²) in [6.07, 6.45) is 6.48. The highest BCUT2D eigenvalue weighted by molar-refractivity contribution is 7.98. The number of thioether (sulfide) groups is 1. The third-order valence-corrected chi connectivity index (χ3v) is 5.45. The molecule has 3 aromatic rings. The monoisotopic (exact) mass is 398 g/mol. The lowest BCUT2D eigenvalue weighted by atomic mass is 10.1. The summed E-state index contributed by atoms with van der Waals surface area (Å²) in [5.41, 5.74) is 1.63. The molecule has 28 heavy (non-hydrogen) atoms. The SMILES string of the molecule is O=C(c1nnn(-c2ccc(F)cc2)c1CSc1ncccn1)N1CCCCC1. The van der Waals surface area contributed by atoms with Crippen molar-refractivity contribution < 1.29 is 9.18 Å². The summed E-state index contributed by atoms with van der Waals surface area (Å²) in [5, 5.41) is 8.97. The Labute approximate surface area is 166 Å². The molecule has 7 nitrogen and oxygen atoms in total. The first-order chi connectivity index (χ1) is 13.7. The summed E-state index contributed by atoms with van der Waals surface area (Å²) in [7, 11) is 0. The van der Waals surface area contributed by atoms with E-state index in [-0.39, 0.29) is 11.7 Å². The van der Waals surface area contributed by atoms with Gasteiger partial charge in [-0.2, -0.15) is 0 Å². The molecule has 0 spiro atoms. The summed E-state index contributed by atoms with van der Waals surface area (Å²) >= 11 is 1.40. The number of rotatable bonds is 5. The minimum atomic E-state index is -0.331. The molecule has 0 bridgehead atoms. The van der Waals surface area contributed by atoms with Crippen molar-refractivity contribution in [2.24, 2.45) is 0 Å². The normalized spacial score (nSPS) is 14.2. The highest BCUT2D eigenvalue weighted by atomic mass is 32.2. The van der Waals surface area contributed by atoms with E-state index in [1.54, 1.807) is 35.3 Å². The quantitative estimate of drug-likeness (QED) is 0.485. The average Bonchev–Trinajstić information content (AvgIpc) is 3.17. The van der Waals surface area contributed by atoms with E-state index in [0.717, 1.165) is 32.4 Å². The molecule has 0 saturated carbocycles. The minimum absolute atomic E-state index is 0.113. The van der Waals surface area contributed by atoms with Gasteiger partial charge in [0.25, 0.3) is 5.91 Å². The van der Waals surface area contributed by atoms with Gasteiger partial charge in [-0.15, -0.1) is 5.10 Å². The average molecular weight is 398 g/mol. The zero-order valence-electron chi connectivity index (χ0n) is 15.2. The lowest BCUT2D eigenvalue weighted by Gasteiger charge is -2.26. The van der Waals surface area contributed by atoms with E-state index in [9.17, 15) is 9.18 Å². The number of hydrogen-bond acceptors (Lipinski definition) is 6. The molecule has 144 valence electrons. The maximum absolute atomic E-state index is 13.3. The standard InChI is InChI=1S/C19H19FN6OS/c20-14-5-7-15(8-6-14)26-16(13-28-19-21-9-4-10-22-19)17(23-24-26)18(27)25-11-2-1-3-12-25/h4-10H,1-3,11-13H2. The Morgan fingerprint density at radius 1 is 1.07 bits per heavy atom. The predicted molar refractivity (Wildman–Crippen MR) is 103 cm³/mol. The number of carbonyl (C=O) groups excluding carboxylic acids is 1. The van der Waals surface area contributed by atoms with Gasteiger partial charge in [-0.25, -0.2) is 19.0 Å². The summed E-state index contributed by atoms with van der Waals surface area (Å²) in [6, 6.07) is 7.71. The number of piperidine rings is 1. The van der Waals surface area contributed by atoms with Crippen LogP contribution in [0.5, 0.6) is 0 Å². The van der Waals surface area contributed by atoms with Gasteiger partial charge in [0.15, 0.2) is 10.9 Å². The zero-order valence-corrected chi connectivity index (χ0v) is 16.0. The highest BCUT2D eigenvalue weighted by Crippen LogP contribution is 2.24. The van der Waals surface area contributed by atoms with Crippen LogP contribution in [0, 0.1) is 5.82 Å². The van der Waals surface area contributed by atoms with E-state index in [4.69, 9.17) is 0 Å². The molecule has 1 amide bonds. The molecule has 0 aliphatic carbocycles. The Bertz CT molecular complexity index is 941. The Kier molecular flexibility index (Phi) is 5.61. The molecule has 2 aromatic heterocycles. The van der Waals surface area contributed by atoms with Crippen LogP contribution >= 0.6 is 11.8 Å². The van der Waals surface area contributed by atoms with Gasteiger partial charge in [0.05, 0.1) is 11.4 Å². The molecule has 1 aliphatic rings. The third-order valence-electron chi connectivity index (χ3n) is 4.56. The number of benzene rings is 1. The summed E-state index contributed by atoms with van der Waals surface area (Å²) < 4.78 is 14.9. The van der Waals surface area contributed by atoms with Crippen LogP contribution in [0.25, 0.3) is 5.69 Å². The Hall–Kier alpha value is -2.81. The van der Waals surface area contributed by atoms with Gasteiger partial charge in [-0.05, 0) is 49.6 Å². The molecule has 4 rings (SSSR count). The van der Waals surface area contributed by atoms with Crippen molar-refractivity contribution in [3.05, 3.63) is 59.9 Å². The molecule has 1 saturated heterocycles. The van der Waals surface area contributed by atoms with Crippen molar-refractivity contribution in [3.63, 3.8) is 0 Å². The molecule has 1 aliphatic heterocycles. The second kappa shape index (κ2) is 8.47. The van der Waals surface area contributed by atoms with Crippen molar-refractivity contribution >= 4 is 17.7 Å². The highest BCUT2D eigenvalue weighted by Gasteiger charge is 2.26. The fraction of sp³-hybridized carbons (Fsp3) is 0.316. The van der Waals surface area contributed by atoms with Crippen LogP contribution in [0.2, 0.25) is 0 Å². The number of nitrogens with zero attached hydrogens (tertiary/aromatic N) is 6. The Morgan fingerprint density at radius 2 is 1.79 bits per heavy atom. The van der Waals surface area contributed by atoms with Crippen LogP contribution in [0.15, 0.2) is 47.9 Å². The summed E-state index contributed by atoms with van der Waals surface area (Å²) in [6.45, 7) is 1.47. The lowest BCUT2D eigenvalue weighted by Crippen LogP contribution is -2.36. The van der Waals surface area contributed by atoms with Crippen LogP contribution in [0.3, 0.4) is 0 Å². The topological polar surface area (TPSA) is 76.8 Å². The lowest BCUT2D eigenvalue weighted by molar-refractivity contribution is 0.0717. The molecular formula is C19H19FN6OS. The second-order valence-electron chi connectivity index (χ2n) is 6.45. The van der Waals surface area contributed by atoms with E-state index in [1.165, 1.54) is 23.9 Å². The van der Waals surface area contributed by atoms with Crippen LogP contribution in [-0.4, -0.2) is 48.9 Å². The number of aromatic nitrogens is 5. The van der Waals surface area contributed by atoms with E-state index < -0.39 is 0 Å². The molecule has 9 heteroatoms. The summed E-state index contributed by atoms with van der Waals surface area (Å²) in [4.78, 5) is 23.3. The maximum atomic E-state index is 13.3. The van der Waals surface area contributed by atoms with Gasteiger partial charge in [0.2, 0.25) is 0 Å². The first-order valence-electron chi connectivity index (χ1n) is 9.12. The van der Waals surface area contributed by atoms with E-state index in [0.29, 0.717) is 28.0 Å². The van der Waals surface area contributed by atoms with Crippen molar-refractivity contribution in [1.29, 1.82) is 0 Å². The van der Waals surface area contributed by atoms with Crippen molar-refractivity contribution in [1.82, 2.24) is 29.9 Å². The van der Waals surface area contributed by atoms with Crippen LogP contribution in [0.1, 0.15) is 35.4 Å². The number of carbonyl (C=O) groups is 1. The molecule has 1 aromatic carbocycles. The molecule has 1 fully saturated rings. The smallest absolute Gasteiger partial charge is 0.276 e. The molecule has 0 atom stereocenters. The number of halogens is 1. The third kappa shape index (κ3) is 4.04. The fourth-order valence-corrected chi connectivity index (χ4v) is 3.92. The van der Waals surface area contributed by atoms with Gasteiger partial charge in [-0.3, -0.25) is 4.79 Å². The molecule has 0 N–H and O–H groups in total. The molecular weight excluding hydrogens is 379 g/mol. The minimum Gasteiger partial charge on any atom is -0.337 e. The van der Waals surface area contributed by atoms with E-state index in [2.05, 4.69) is 20.3 Å². The first-order valence-corrected chi connectivity index (χ1v) is 10.1. The first kappa shape index (κ1) is 18.5. The zero-order chi connectivity index (χ0) is 19.3. The van der Waals surface area contributed by atoms with E-state index in [1.807, 2.05) is 4.90 Å². The maximum Gasteiger partial charge on any atom is 0.276 e. The Morgan fingerprint density at radius 3 is 2.50 bits per heavy atom. The van der Waals surface area contributed by atoms with Crippen LogP contribution in [0.4, 0.5) is 4.39 Å². The fourth-order valence-electron chi connectivity index (χ4n) is 3.13. The van der Waals surface area contributed by atoms with Crippen LogP contribution in [-0.2, 0) is 5.75 Å². The molecule has 0 unspecified atom stereocenters. The van der Waals surface area contributed by atoms with Crippen molar-refractivity contribution in [3.8, 4) is 5.69 Å². The number of likely N-dealkylation sites (tertiary alicyclic amines) is 1. The van der Waals surface area contributed by atoms with Crippen molar-refractivity contribution in [2.45, 2.75) is 30.2 Å². The van der Waals surface area contributed by atoms with Crippen LogP contribution < -0.4 is 0 Å². The van der Waals surface area contributed by atoms with Gasteiger partial charge in [-0.1, -0.05) is 17.0 Å².